The van der Waals surface area contributed by atoms with E-state index in [0.29, 0.717) is 11.4 Å². The quantitative estimate of drug-likeness (QED) is 0.842. The van der Waals surface area contributed by atoms with Crippen molar-refractivity contribution in [2.24, 2.45) is 0 Å². The van der Waals surface area contributed by atoms with Gasteiger partial charge in [0, 0.05) is 18.8 Å². The van der Waals surface area contributed by atoms with E-state index in [1.165, 1.54) is 18.2 Å². The smallest absolute Gasteiger partial charge is 0.205 e. The van der Waals surface area contributed by atoms with Gasteiger partial charge >= 0.3 is 0 Å². The lowest BCUT2D eigenvalue weighted by atomic mass is 10.1. The molecule has 1 unspecified atom stereocenters. The lowest BCUT2D eigenvalue weighted by molar-refractivity contribution is 0.550. The molecule has 98 valence electrons. The number of hydrogen-bond donors (Lipinski definition) is 2. The Kier molecular flexibility index (Phi) is 3.10. The maximum absolute atomic E-state index is 12.9. The zero-order valence-corrected chi connectivity index (χ0v) is 10.1. The van der Waals surface area contributed by atoms with Crippen molar-refractivity contribution in [2.45, 2.75) is 12.5 Å². The lowest BCUT2D eigenvalue weighted by Crippen LogP contribution is -2.29. The molecule has 0 spiro atoms. The fourth-order valence-corrected chi connectivity index (χ4v) is 2.09. The van der Waals surface area contributed by atoms with Gasteiger partial charge in [-0.3, -0.25) is 10.2 Å². The molecule has 0 amide bonds. The third kappa shape index (κ3) is 2.40. The summed E-state index contributed by atoms with van der Waals surface area (Å²) >= 11 is 0. The molecule has 3 rings (SSSR count). The minimum atomic E-state index is -0.299. The highest BCUT2D eigenvalue weighted by atomic mass is 19.1. The van der Waals surface area contributed by atoms with E-state index < -0.39 is 0 Å². The van der Waals surface area contributed by atoms with Crippen molar-refractivity contribution in [2.75, 3.05) is 6.54 Å². The molecular weight excluding hydrogens is 247 g/mol. The van der Waals surface area contributed by atoms with Gasteiger partial charge in [0.25, 0.3) is 0 Å². The van der Waals surface area contributed by atoms with Crippen LogP contribution in [-0.2, 0) is 0 Å². The Labute approximate surface area is 109 Å². The molecule has 0 aliphatic carbocycles. The van der Waals surface area contributed by atoms with Gasteiger partial charge in [-0.05, 0) is 30.7 Å². The van der Waals surface area contributed by atoms with Gasteiger partial charge in [0.15, 0.2) is 0 Å². The zero-order chi connectivity index (χ0) is 13.2. The molecule has 2 N–H and O–H groups in total. The van der Waals surface area contributed by atoms with Crippen LogP contribution in [0.3, 0.4) is 0 Å². The van der Waals surface area contributed by atoms with Crippen LogP contribution in [0.15, 0.2) is 41.3 Å². The zero-order valence-electron chi connectivity index (χ0n) is 10.1. The van der Waals surface area contributed by atoms with Gasteiger partial charge in [0.05, 0.1) is 11.7 Å². The normalized spacial score (nSPS) is 18.7. The summed E-state index contributed by atoms with van der Waals surface area (Å²) in [5, 5.41) is 4.33. The predicted molar refractivity (Wildman–Crippen MR) is 68.3 cm³/mol. The molecule has 1 aromatic carbocycles. The van der Waals surface area contributed by atoms with Crippen molar-refractivity contribution in [3.63, 3.8) is 0 Å². The van der Waals surface area contributed by atoms with E-state index in [9.17, 15) is 9.18 Å². The molecular formula is C13H13FN4O. The van der Waals surface area contributed by atoms with E-state index in [0.717, 1.165) is 13.0 Å². The van der Waals surface area contributed by atoms with E-state index >= 15 is 0 Å². The number of hydrazine groups is 1. The Morgan fingerprint density at radius 3 is 2.74 bits per heavy atom. The molecule has 5 nitrogen and oxygen atoms in total. The van der Waals surface area contributed by atoms with Crippen LogP contribution in [0.4, 0.5) is 4.39 Å². The third-order valence-corrected chi connectivity index (χ3v) is 3.09. The van der Waals surface area contributed by atoms with Gasteiger partial charge < -0.3 is 0 Å². The van der Waals surface area contributed by atoms with Gasteiger partial charge in [-0.1, -0.05) is 0 Å². The van der Waals surface area contributed by atoms with Gasteiger partial charge in [-0.2, -0.15) is 5.10 Å². The summed E-state index contributed by atoms with van der Waals surface area (Å²) in [5.74, 6) is -0.299. The Morgan fingerprint density at radius 2 is 2.05 bits per heavy atom. The number of nitrogens with one attached hydrogen (secondary N) is 2. The number of benzene rings is 1. The molecule has 0 radical (unpaired) electrons. The lowest BCUT2D eigenvalue weighted by Gasteiger charge is -2.11. The van der Waals surface area contributed by atoms with Crippen LogP contribution in [-0.4, -0.2) is 16.3 Å². The van der Waals surface area contributed by atoms with E-state index in [-0.39, 0.29) is 17.3 Å². The third-order valence-electron chi connectivity index (χ3n) is 3.09. The molecule has 1 fully saturated rings. The number of rotatable bonds is 2. The highest BCUT2D eigenvalue weighted by molar-refractivity contribution is 5.30. The second kappa shape index (κ2) is 4.91. The Bertz CT molecular complexity index is 632. The summed E-state index contributed by atoms with van der Waals surface area (Å²) in [6.07, 6.45) is 2.40. The van der Waals surface area contributed by atoms with Crippen molar-refractivity contribution < 1.29 is 4.39 Å². The molecule has 2 aromatic rings. The molecule has 1 saturated heterocycles. The molecule has 2 heterocycles. The molecule has 0 saturated carbocycles. The van der Waals surface area contributed by atoms with Crippen molar-refractivity contribution in [3.05, 3.63) is 58.3 Å². The van der Waals surface area contributed by atoms with Crippen molar-refractivity contribution in [3.8, 4) is 5.69 Å². The summed E-state index contributed by atoms with van der Waals surface area (Å²) in [6.45, 7) is 0.803. The number of hydrogen-bond acceptors (Lipinski definition) is 4. The number of nitrogens with zero attached hydrogens (tertiary/aromatic N) is 2. The van der Waals surface area contributed by atoms with Crippen LogP contribution >= 0.6 is 0 Å². The molecule has 19 heavy (non-hydrogen) atoms. The molecule has 6 heteroatoms. The van der Waals surface area contributed by atoms with Gasteiger partial charge in [-0.15, -0.1) is 0 Å². The highest BCUT2D eigenvalue weighted by Gasteiger charge is 2.20. The minimum absolute atomic E-state index is 0.0830. The summed E-state index contributed by atoms with van der Waals surface area (Å²) in [4.78, 5) is 11.8. The number of halogens is 1. The first-order valence-electron chi connectivity index (χ1n) is 6.08. The van der Waals surface area contributed by atoms with Crippen LogP contribution in [0.25, 0.3) is 5.69 Å². The van der Waals surface area contributed by atoms with E-state index in [1.807, 2.05) is 0 Å². The maximum atomic E-state index is 12.9. The summed E-state index contributed by atoms with van der Waals surface area (Å²) in [5.41, 5.74) is 7.08. The molecule has 1 atom stereocenters. The van der Waals surface area contributed by atoms with E-state index in [4.69, 9.17) is 0 Å². The fourth-order valence-electron chi connectivity index (χ4n) is 2.09. The standard InChI is InChI=1S/C13H13FN4O/c14-9-1-3-10(4-2-9)18-8-6-12(19)13(17-18)11-5-7-15-16-11/h1-4,6,8,11,15-16H,5,7H2. The Morgan fingerprint density at radius 1 is 1.26 bits per heavy atom. The Balaban J connectivity index is 2.01. The fraction of sp³-hybridized carbons (Fsp3) is 0.231. The second-order valence-corrected chi connectivity index (χ2v) is 4.40. The average Bonchev–Trinajstić information content (AvgIpc) is 2.94. The molecule has 1 aromatic heterocycles. The molecule has 1 aliphatic rings. The van der Waals surface area contributed by atoms with E-state index in [2.05, 4.69) is 16.0 Å². The van der Waals surface area contributed by atoms with Crippen LogP contribution in [0.5, 0.6) is 0 Å². The topological polar surface area (TPSA) is 59.0 Å². The molecule has 0 bridgehead atoms. The van der Waals surface area contributed by atoms with Gasteiger partial charge in [-0.25, -0.2) is 14.5 Å². The summed E-state index contributed by atoms with van der Waals surface area (Å²) in [7, 11) is 0. The SMILES string of the molecule is O=c1ccn(-c2ccc(F)cc2)nc1C1CCNN1. The molecule has 1 aliphatic heterocycles. The first-order valence-corrected chi connectivity index (χ1v) is 6.08. The predicted octanol–water partition coefficient (Wildman–Crippen LogP) is 0.911. The van der Waals surface area contributed by atoms with Crippen molar-refractivity contribution in [1.82, 2.24) is 20.6 Å². The summed E-state index contributed by atoms with van der Waals surface area (Å²) in [6, 6.07) is 7.37. The summed E-state index contributed by atoms with van der Waals surface area (Å²) < 4.78 is 14.5. The number of aromatic nitrogens is 2. The van der Waals surface area contributed by atoms with Crippen molar-refractivity contribution >= 4 is 0 Å². The van der Waals surface area contributed by atoms with Crippen LogP contribution in [0, 0.1) is 5.82 Å². The second-order valence-electron chi connectivity index (χ2n) is 4.40. The monoisotopic (exact) mass is 260 g/mol. The van der Waals surface area contributed by atoms with Gasteiger partial charge in [0.2, 0.25) is 5.43 Å². The van der Waals surface area contributed by atoms with Crippen LogP contribution < -0.4 is 16.3 Å². The maximum Gasteiger partial charge on any atom is 0.205 e. The first-order chi connectivity index (χ1) is 9.24. The minimum Gasteiger partial charge on any atom is -0.288 e. The van der Waals surface area contributed by atoms with Crippen molar-refractivity contribution in [1.29, 1.82) is 0 Å². The largest absolute Gasteiger partial charge is 0.288 e. The van der Waals surface area contributed by atoms with Gasteiger partial charge in [0.1, 0.15) is 11.5 Å². The average molecular weight is 260 g/mol. The van der Waals surface area contributed by atoms with E-state index in [1.54, 1.807) is 23.0 Å². The Hall–Kier alpha value is -2.05. The highest BCUT2D eigenvalue weighted by Crippen LogP contribution is 2.14. The first kappa shape index (κ1) is 12.0. The van der Waals surface area contributed by atoms with Crippen LogP contribution in [0.2, 0.25) is 0 Å². The van der Waals surface area contributed by atoms with Crippen LogP contribution in [0.1, 0.15) is 18.2 Å².